The van der Waals surface area contributed by atoms with E-state index in [-0.39, 0.29) is 18.3 Å². The minimum atomic E-state index is -0.0765. The molecule has 4 heterocycles. The van der Waals surface area contributed by atoms with Gasteiger partial charge in [-0.15, -0.1) is 0 Å². The van der Waals surface area contributed by atoms with E-state index in [4.69, 9.17) is 8.83 Å². The Labute approximate surface area is 167 Å². The smallest absolute Gasteiger partial charge is 0.289 e. The van der Waals surface area contributed by atoms with Crippen molar-refractivity contribution in [2.24, 2.45) is 0 Å². The Bertz CT molecular complexity index is 1130. The third kappa shape index (κ3) is 2.97. The molecule has 0 radical (unpaired) electrons. The van der Waals surface area contributed by atoms with Crippen molar-refractivity contribution in [1.82, 2.24) is 14.9 Å². The maximum Gasteiger partial charge on any atom is 0.289 e. The molecule has 0 N–H and O–H groups in total. The van der Waals surface area contributed by atoms with Gasteiger partial charge in [-0.3, -0.25) is 4.79 Å². The van der Waals surface area contributed by atoms with Gasteiger partial charge in [0.15, 0.2) is 17.2 Å². The number of fused-ring (bicyclic) bond motifs is 3. The predicted octanol–water partition coefficient (Wildman–Crippen LogP) is 0.244. The molecule has 0 unspecified atom stereocenters. The van der Waals surface area contributed by atoms with Crippen molar-refractivity contribution in [2.75, 3.05) is 31.1 Å². The monoisotopic (exact) mass is 397 g/mol. The molecule has 1 aromatic carbocycles. The Kier molecular flexibility index (Phi) is 4.68. The fraction of sp³-hybridized carbons (Fsp3) is 0.250. The molecule has 3 aromatic heterocycles. The van der Waals surface area contributed by atoms with E-state index in [1.54, 1.807) is 17.0 Å². The molecule has 0 saturated carbocycles. The average Bonchev–Trinajstić information content (AvgIpc) is 3.35. The summed E-state index contributed by atoms with van der Waals surface area (Å²) in [6.07, 6.45) is 1.52. The maximum atomic E-state index is 12.5. The van der Waals surface area contributed by atoms with Crippen molar-refractivity contribution in [3.8, 4) is 0 Å². The first-order valence-electron chi connectivity index (χ1n) is 8.94. The molecule has 1 aliphatic rings. The second kappa shape index (κ2) is 7.16. The summed E-state index contributed by atoms with van der Waals surface area (Å²) in [7, 11) is 0. The number of hydrogen-bond donors (Lipinski definition) is 0. The van der Waals surface area contributed by atoms with Crippen LogP contribution in [0.1, 0.15) is 16.4 Å². The first-order valence-corrected chi connectivity index (χ1v) is 8.94. The Morgan fingerprint density at radius 2 is 1.82 bits per heavy atom. The van der Waals surface area contributed by atoms with Gasteiger partial charge in [0, 0.05) is 31.6 Å². The van der Waals surface area contributed by atoms with Gasteiger partial charge >= 0.3 is 0 Å². The van der Waals surface area contributed by atoms with Crippen molar-refractivity contribution in [3.05, 3.63) is 54.2 Å². The minimum absolute atomic E-state index is 0. The number of carbonyl (C=O) groups is 1. The summed E-state index contributed by atoms with van der Waals surface area (Å²) in [4.78, 5) is 25.6. The average molecular weight is 398 g/mol. The summed E-state index contributed by atoms with van der Waals surface area (Å²) < 4.78 is 11.3. The van der Waals surface area contributed by atoms with E-state index in [1.807, 2.05) is 31.2 Å². The standard InChI is InChI=1S/C20H18N4O3.ClH/c1-13-21-17-14-5-2-3-6-15(14)27-18(17)19(22-13)23-8-10-24(11-9-23)20(25)16-7-4-12-26-16;/h2-7,12H,8-11H2,1H3;1H/p-1. The zero-order valence-electron chi connectivity index (χ0n) is 15.3. The summed E-state index contributed by atoms with van der Waals surface area (Å²) in [5.74, 6) is 1.80. The molecular weight excluding hydrogens is 380 g/mol. The van der Waals surface area contributed by atoms with Crippen LogP contribution in [0.15, 0.2) is 51.5 Å². The van der Waals surface area contributed by atoms with Crippen molar-refractivity contribution < 1.29 is 26.0 Å². The number of halogens is 1. The summed E-state index contributed by atoms with van der Waals surface area (Å²) in [6, 6.07) is 11.3. The molecule has 28 heavy (non-hydrogen) atoms. The zero-order chi connectivity index (χ0) is 18.4. The second-order valence-corrected chi connectivity index (χ2v) is 6.63. The molecule has 4 aromatic rings. The van der Waals surface area contributed by atoms with Crippen LogP contribution in [0, 0.1) is 6.92 Å². The van der Waals surface area contributed by atoms with Gasteiger partial charge in [0.1, 0.15) is 16.9 Å². The quantitative estimate of drug-likeness (QED) is 0.482. The SMILES string of the molecule is Cc1nc(N2CCN(C(=O)c3ccco3)CC2)c2oc3ccccc3c2n1.[Cl-]. The third-order valence-electron chi connectivity index (χ3n) is 4.91. The van der Waals surface area contributed by atoms with E-state index in [2.05, 4.69) is 14.9 Å². The molecule has 5 rings (SSSR count). The molecule has 8 heteroatoms. The van der Waals surface area contributed by atoms with E-state index < -0.39 is 0 Å². The van der Waals surface area contributed by atoms with Crippen molar-refractivity contribution in [3.63, 3.8) is 0 Å². The van der Waals surface area contributed by atoms with Gasteiger partial charge in [0.25, 0.3) is 5.91 Å². The number of piperazine rings is 1. The predicted molar refractivity (Wildman–Crippen MR) is 101 cm³/mol. The normalized spacial score (nSPS) is 14.5. The number of hydrogen-bond acceptors (Lipinski definition) is 6. The van der Waals surface area contributed by atoms with Crippen LogP contribution in [0.5, 0.6) is 0 Å². The first-order chi connectivity index (χ1) is 13.2. The molecule has 1 amide bonds. The molecule has 1 aliphatic heterocycles. The largest absolute Gasteiger partial charge is 1.00 e. The van der Waals surface area contributed by atoms with Gasteiger partial charge in [0.2, 0.25) is 0 Å². The van der Waals surface area contributed by atoms with Gasteiger partial charge in [-0.05, 0) is 31.2 Å². The van der Waals surface area contributed by atoms with Crippen molar-refractivity contribution >= 4 is 33.8 Å². The van der Waals surface area contributed by atoms with Crippen LogP contribution in [0.3, 0.4) is 0 Å². The molecule has 1 saturated heterocycles. The van der Waals surface area contributed by atoms with Crippen LogP contribution in [-0.4, -0.2) is 47.0 Å². The Morgan fingerprint density at radius 3 is 2.57 bits per heavy atom. The lowest BCUT2D eigenvalue weighted by atomic mass is 10.2. The first kappa shape index (κ1) is 18.3. The summed E-state index contributed by atoms with van der Waals surface area (Å²) in [5.41, 5.74) is 2.34. The lowest BCUT2D eigenvalue weighted by Gasteiger charge is -2.34. The molecular formula is C20H18ClN4O3-. The lowest BCUT2D eigenvalue weighted by molar-refractivity contribution is -0.0000159. The fourth-order valence-corrected chi connectivity index (χ4v) is 3.58. The highest BCUT2D eigenvalue weighted by Crippen LogP contribution is 2.33. The molecule has 0 bridgehead atoms. The molecule has 144 valence electrons. The molecule has 0 spiro atoms. The van der Waals surface area contributed by atoms with Crippen molar-refractivity contribution in [1.29, 1.82) is 0 Å². The van der Waals surface area contributed by atoms with Crippen LogP contribution in [-0.2, 0) is 0 Å². The highest BCUT2D eigenvalue weighted by molar-refractivity contribution is 6.05. The van der Waals surface area contributed by atoms with Gasteiger partial charge in [-0.2, -0.15) is 0 Å². The number of para-hydroxylation sites is 1. The maximum absolute atomic E-state index is 12.5. The number of nitrogens with zero attached hydrogens (tertiary/aromatic N) is 4. The number of benzene rings is 1. The Hall–Kier alpha value is -3.06. The van der Waals surface area contributed by atoms with Crippen LogP contribution in [0.25, 0.3) is 22.1 Å². The fourth-order valence-electron chi connectivity index (χ4n) is 3.58. The third-order valence-corrected chi connectivity index (χ3v) is 4.91. The van der Waals surface area contributed by atoms with E-state index in [0.717, 1.165) is 22.3 Å². The molecule has 0 atom stereocenters. The number of aryl methyl sites for hydroxylation is 1. The summed E-state index contributed by atoms with van der Waals surface area (Å²) in [5, 5.41) is 0.992. The highest BCUT2D eigenvalue weighted by atomic mass is 35.5. The molecule has 0 aliphatic carbocycles. The number of amides is 1. The van der Waals surface area contributed by atoms with E-state index in [0.29, 0.717) is 43.3 Å². The Balaban J connectivity index is 0.00000192. The van der Waals surface area contributed by atoms with E-state index in [1.165, 1.54) is 6.26 Å². The molecule has 7 nitrogen and oxygen atoms in total. The number of rotatable bonds is 2. The van der Waals surface area contributed by atoms with Gasteiger partial charge < -0.3 is 31.0 Å². The highest BCUT2D eigenvalue weighted by Gasteiger charge is 2.27. The number of aromatic nitrogens is 2. The van der Waals surface area contributed by atoms with E-state index in [9.17, 15) is 4.79 Å². The number of carbonyl (C=O) groups excluding carboxylic acids is 1. The van der Waals surface area contributed by atoms with Gasteiger partial charge in [-0.1, -0.05) is 12.1 Å². The summed E-state index contributed by atoms with van der Waals surface area (Å²) in [6.45, 7) is 4.44. The lowest BCUT2D eigenvalue weighted by Crippen LogP contribution is -3.00. The van der Waals surface area contributed by atoms with Crippen LogP contribution < -0.4 is 17.3 Å². The van der Waals surface area contributed by atoms with Gasteiger partial charge in [-0.25, -0.2) is 9.97 Å². The number of furan rings is 2. The minimum Gasteiger partial charge on any atom is -1.00 e. The Morgan fingerprint density at radius 1 is 1.04 bits per heavy atom. The van der Waals surface area contributed by atoms with Crippen LogP contribution >= 0.6 is 0 Å². The molecule has 1 fully saturated rings. The van der Waals surface area contributed by atoms with Crippen LogP contribution in [0.2, 0.25) is 0 Å². The zero-order valence-corrected chi connectivity index (χ0v) is 16.0. The van der Waals surface area contributed by atoms with Crippen LogP contribution in [0.4, 0.5) is 5.82 Å². The van der Waals surface area contributed by atoms with Crippen molar-refractivity contribution in [2.45, 2.75) is 6.92 Å². The number of anilines is 1. The second-order valence-electron chi connectivity index (χ2n) is 6.63. The van der Waals surface area contributed by atoms with E-state index >= 15 is 0 Å². The topological polar surface area (TPSA) is 75.6 Å². The van der Waals surface area contributed by atoms with Gasteiger partial charge in [0.05, 0.1) is 6.26 Å². The summed E-state index contributed by atoms with van der Waals surface area (Å²) >= 11 is 0.